The molecule has 0 amide bonds. The molecular weight excluding hydrogens is 234 g/mol. The Morgan fingerprint density at radius 2 is 1.84 bits per heavy atom. The highest BCUT2D eigenvalue weighted by molar-refractivity contribution is 4.72. The molecular formula is C16H35N3. The van der Waals surface area contributed by atoms with Crippen LogP contribution >= 0.6 is 0 Å². The molecule has 3 nitrogen and oxygen atoms in total. The van der Waals surface area contributed by atoms with Gasteiger partial charge in [0, 0.05) is 12.6 Å². The SMILES string of the molecule is CC(C)NCCCCCN(C)CC1CCN(C)CC1. The van der Waals surface area contributed by atoms with Crippen LogP contribution < -0.4 is 5.32 Å². The van der Waals surface area contributed by atoms with E-state index in [9.17, 15) is 0 Å². The van der Waals surface area contributed by atoms with Crippen molar-refractivity contribution in [3.63, 3.8) is 0 Å². The summed E-state index contributed by atoms with van der Waals surface area (Å²) in [7, 11) is 4.54. The maximum absolute atomic E-state index is 3.49. The van der Waals surface area contributed by atoms with E-state index >= 15 is 0 Å². The van der Waals surface area contributed by atoms with E-state index in [-0.39, 0.29) is 0 Å². The maximum Gasteiger partial charge on any atom is 0.00103 e. The third-order valence-corrected chi connectivity index (χ3v) is 4.18. The summed E-state index contributed by atoms with van der Waals surface area (Å²) >= 11 is 0. The summed E-state index contributed by atoms with van der Waals surface area (Å²) < 4.78 is 0. The Labute approximate surface area is 120 Å². The fourth-order valence-electron chi connectivity index (χ4n) is 2.85. The summed E-state index contributed by atoms with van der Waals surface area (Å²) in [4.78, 5) is 5.00. The van der Waals surface area contributed by atoms with E-state index in [0.717, 1.165) is 5.92 Å². The summed E-state index contributed by atoms with van der Waals surface area (Å²) in [5.74, 6) is 0.934. The Morgan fingerprint density at radius 1 is 1.16 bits per heavy atom. The molecule has 3 heteroatoms. The molecule has 1 N–H and O–H groups in total. The van der Waals surface area contributed by atoms with Crippen molar-refractivity contribution in [3.05, 3.63) is 0 Å². The number of nitrogens with one attached hydrogen (secondary N) is 1. The molecule has 0 atom stereocenters. The van der Waals surface area contributed by atoms with Crippen molar-refractivity contribution < 1.29 is 0 Å². The second-order valence-electron chi connectivity index (χ2n) is 6.68. The Hall–Kier alpha value is -0.120. The van der Waals surface area contributed by atoms with E-state index in [2.05, 4.69) is 43.1 Å². The minimum Gasteiger partial charge on any atom is -0.315 e. The van der Waals surface area contributed by atoms with Crippen LogP contribution in [-0.2, 0) is 0 Å². The van der Waals surface area contributed by atoms with Gasteiger partial charge in [0.15, 0.2) is 0 Å². The van der Waals surface area contributed by atoms with Gasteiger partial charge < -0.3 is 15.1 Å². The molecule has 0 aromatic heterocycles. The molecule has 1 saturated heterocycles. The number of hydrogen-bond donors (Lipinski definition) is 1. The Kier molecular flexibility index (Phi) is 8.67. The van der Waals surface area contributed by atoms with Gasteiger partial charge in [-0.15, -0.1) is 0 Å². The van der Waals surface area contributed by atoms with Crippen LogP contribution in [0.1, 0.15) is 46.0 Å². The summed E-state index contributed by atoms with van der Waals surface area (Å²) in [6.07, 6.45) is 6.80. The lowest BCUT2D eigenvalue weighted by molar-refractivity contribution is 0.175. The van der Waals surface area contributed by atoms with Gasteiger partial charge in [-0.3, -0.25) is 0 Å². The normalized spacial score (nSPS) is 18.6. The minimum absolute atomic E-state index is 0.632. The lowest BCUT2D eigenvalue weighted by Gasteiger charge is -2.31. The lowest BCUT2D eigenvalue weighted by Crippen LogP contribution is -2.36. The van der Waals surface area contributed by atoms with Crippen LogP contribution in [0.25, 0.3) is 0 Å². The third kappa shape index (κ3) is 8.61. The highest BCUT2D eigenvalue weighted by Crippen LogP contribution is 2.16. The molecule has 0 aliphatic carbocycles. The first kappa shape index (κ1) is 16.9. The lowest BCUT2D eigenvalue weighted by atomic mass is 9.96. The van der Waals surface area contributed by atoms with Crippen molar-refractivity contribution in [3.8, 4) is 0 Å². The Balaban J connectivity index is 1.94. The van der Waals surface area contributed by atoms with Gasteiger partial charge in [0.2, 0.25) is 0 Å². The fourth-order valence-corrected chi connectivity index (χ4v) is 2.85. The largest absolute Gasteiger partial charge is 0.315 e. The Bertz CT molecular complexity index is 210. The molecule has 0 unspecified atom stereocenters. The molecule has 1 aliphatic heterocycles. The van der Waals surface area contributed by atoms with Crippen molar-refractivity contribution in [1.82, 2.24) is 15.1 Å². The predicted molar refractivity (Wildman–Crippen MR) is 84.7 cm³/mol. The quantitative estimate of drug-likeness (QED) is 0.649. The van der Waals surface area contributed by atoms with Gasteiger partial charge in [-0.25, -0.2) is 0 Å². The molecule has 1 rings (SSSR count). The standard InChI is InChI=1S/C16H35N3/c1-15(2)17-10-6-5-7-11-19(4)14-16-8-12-18(3)13-9-16/h15-17H,5-14H2,1-4H3. The van der Waals surface area contributed by atoms with Crippen molar-refractivity contribution in [2.45, 2.75) is 52.0 Å². The zero-order valence-electron chi connectivity index (χ0n) is 13.6. The average molecular weight is 269 g/mol. The molecule has 1 aliphatic rings. The molecule has 0 saturated carbocycles. The molecule has 0 bridgehead atoms. The summed E-state index contributed by atoms with van der Waals surface area (Å²) in [6, 6.07) is 0.632. The first-order valence-electron chi connectivity index (χ1n) is 8.18. The van der Waals surface area contributed by atoms with Crippen molar-refractivity contribution in [2.75, 3.05) is 46.8 Å². The van der Waals surface area contributed by atoms with Crippen LogP contribution in [0.2, 0.25) is 0 Å². The van der Waals surface area contributed by atoms with E-state index in [1.807, 2.05) is 0 Å². The van der Waals surface area contributed by atoms with Gasteiger partial charge in [-0.2, -0.15) is 0 Å². The van der Waals surface area contributed by atoms with Gasteiger partial charge in [0.25, 0.3) is 0 Å². The van der Waals surface area contributed by atoms with Gasteiger partial charge in [-0.1, -0.05) is 20.3 Å². The van der Waals surface area contributed by atoms with Crippen LogP contribution in [0.15, 0.2) is 0 Å². The van der Waals surface area contributed by atoms with Crippen molar-refractivity contribution >= 4 is 0 Å². The number of likely N-dealkylation sites (tertiary alicyclic amines) is 1. The van der Waals surface area contributed by atoms with Crippen molar-refractivity contribution in [2.24, 2.45) is 5.92 Å². The molecule has 0 aromatic carbocycles. The summed E-state index contributed by atoms with van der Waals surface area (Å²) in [5, 5.41) is 3.49. The third-order valence-electron chi connectivity index (χ3n) is 4.18. The highest BCUT2D eigenvalue weighted by Gasteiger charge is 2.17. The van der Waals surface area contributed by atoms with Gasteiger partial charge in [0.1, 0.15) is 0 Å². The second kappa shape index (κ2) is 9.73. The second-order valence-corrected chi connectivity index (χ2v) is 6.68. The zero-order chi connectivity index (χ0) is 14.1. The summed E-state index contributed by atoms with van der Waals surface area (Å²) in [5.41, 5.74) is 0. The fraction of sp³-hybridized carbons (Fsp3) is 1.00. The number of piperidine rings is 1. The molecule has 1 fully saturated rings. The highest BCUT2D eigenvalue weighted by atomic mass is 15.1. The molecule has 114 valence electrons. The van der Waals surface area contributed by atoms with E-state index in [4.69, 9.17) is 0 Å². The first-order chi connectivity index (χ1) is 9.08. The van der Waals surface area contributed by atoms with Gasteiger partial charge in [0.05, 0.1) is 0 Å². The van der Waals surface area contributed by atoms with E-state index in [1.165, 1.54) is 64.8 Å². The van der Waals surface area contributed by atoms with E-state index < -0.39 is 0 Å². The van der Waals surface area contributed by atoms with Crippen LogP contribution in [0.4, 0.5) is 0 Å². The number of hydrogen-bond acceptors (Lipinski definition) is 3. The molecule has 19 heavy (non-hydrogen) atoms. The minimum atomic E-state index is 0.632. The number of nitrogens with zero attached hydrogens (tertiary/aromatic N) is 2. The summed E-state index contributed by atoms with van der Waals surface area (Å²) in [6.45, 7) is 10.8. The molecule has 1 heterocycles. The van der Waals surface area contributed by atoms with Crippen LogP contribution in [0, 0.1) is 5.92 Å². The van der Waals surface area contributed by atoms with Crippen molar-refractivity contribution in [1.29, 1.82) is 0 Å². The molecule has 0 radical (unpaired) electrons. The molecule has 0 spiro atoms. The molecule has 0 aromatic rings. The maximum atomic E-state index is 3.49. The monoisotopic (exact) mass is 269 g/mol. The van der Waals surface area contributed by atoms with Crippen LogP contribution in [0.3, 0.4) is 0 Å². The Morgan fingerprint density at radius 3 is 2.47 bits per heavy atom. The topological polar surface area (TPSA) is 18.5 Å². The number of rotatable bonds is 9. The average Bonchev–Trinajstić information content (AvgIpc) is 2.36. The number of unbranched alkanes of at least 4 members (excludes halogenated alkanes) is 2. The van der Waals surface area contributed by atoms with E-state index in [0.29, 0.717) is 6.04 Å². The van der Waals surface area contributed by atoms with Gasteiger partial charge >= 0.3 is 0 Å². The van der Waals surface area contributed by atoms with Crippen LogP contribution in [-0.4, -0.2) is 62.7 Å². The smallest absolute Gasteiger partial charge is 0.00103 e. The van der Waals surface area contributed by atoms with E-state index in [1.54, 1.807) is 0 Å². The van der Waals surface area contributed by atoms with Gasteiger partial charge in [-0.05, 0) is 71.9 Å². The predicted octanol–water partition coefficient (Wildman–Crippen LogP) is 2.43. The van der Waals surface area contributed by atoms with Crippen LogP contribution in [0.5, 0.6) is 0 Å². The first-order valence-corrected chi connectivity index (χ1v) is 8.18. The zero-order valence-corrected chi connectivity index (χ0v) is 13.6.